The van der Waals surface area contributed by atoms with Gasteiger partial charge in [-0.1, -0.05) is 87.6 Å². The second kappa shape index (κ2) is 9.56. The molecule has 0 aliphatic carbocycles. The molecule has 1 aromatic heterocycles. The van der Waals surface area contributed by atoms with Crippen LogP contribution in [0.2, 0.25) is 0 Å². The van der Waals surface area contributed by atoms with E-state index in [9.17, 15) is 0 Å². The molecule has 0 saturated heterocycles. The van der Waals surface area contributed by atoms with Crippen LogP contribution in [0, 0.1) is 0 Å². The van der Waals surface area contributed by atoms with E-state index >= 15 is 0 Å². The molecule has 4 rings (SSSR count). The van der Waals surface area contributed by atoms with Crippen molar-refractivity contribution in [1.29, 1.82) is 0 Å². The molecule has 2 heteroatoms. The predicted molar refractivity (Wildman–Crippen MR) is 126 cm³/mol. The van der Waals surface area contributed by atoms with E-state index in [1.165, 1.54) is 65.6 Å². The van der Waals surface area contributed by atoms with Crippen molar-refractivity contribution < 1.29 is 0 Å². The first kappa shape index (κ1) is 19.4. The van der Waals surface area contributed by atoms with Gasteiger partial charge < -0.3 is 5.32 Å². The van der Waals surface area contributed by atoms with Gasteiger partial charge in [-0.2, -0.15) is 0 Å². The fraction of sp³-hybridized carbons (Fsp3) is 0.296. The number of benzene rings is 3. The molecule has 29 heavy (non-hydrogen) atoms. The second-order valence-corrected chi connectivity index (χ2v) is 7.89. The first-order valence-electron chi connectivity index (χ1n) is 11.0. The van der Waals surface area contributed by atoms with E-state index < -0.39 is 0 Å². The lowest BCUT2D eigenvalue weighted by molar-refractivity contribution is 0.607. The Labute approximate surface area is 174 Å². The van der Waals surface area contributed by atoms with Crippen molar-refractivity contribution in [1.82, 2.24) is 4.98 Å². The van der Waals surface area contributed by atoms with E-state index in [4.69, 9.17) is 0 Å². The average molecular weight is 383 g/mol. The summed E-state index contributed by atoms with van der Waals surface area (Å²) < 4.78 is 0. The standard InChI is InChI=1S/C27H30N2/c1-2-3-4-5-6-7-12-21-17-18-28-26(19-21)29-27-24-15-10-8-13-22(24)20-23-14-9-11-16-25(23)27/h8-11,13-20H,2-7,12H2,1H3,(H,28,29). The lowest BCUT2D eigenvalue weighted by Crippen LogP contribution is -1.97. The lowest BCUT2D eigenvalue weighted by Gasteiger charge is -2.14. The van der Waals surface area contributed by atoms with E-state index in [0.29, 0.717) is 0 Å². The number of aromatic nitrogens is 1. The van der Waals surface area contributed by atoms with Gasteiger partial charge in [0.1, 0.15) is 5.82 Å². The Balaban J connectivity index is 1.55. The number of rotatable bonds is 9. The van der Waals surface area contributed by atoms with Gasteiger partial charge in [-0.3, -0.25) is 0 Å². The molecular formula is C27H30N2. The van der Waals surface area contributed by atoms with E-state index in [2.05, 4.69) is 84.0 Å². The normalized spacial score (nSPS) is 11.2. The number of nitrogens with one attached hydrogen (secondary N) is 1. The smallest absolute Gasteiger partial charge is 0.130 e. The Hall–Kier alpha value is -2.87. The van der Waals surface area contributed by atoms with Crippen molar-refractivity contribution in [3.05, 3.63) is 78.5 Å². The molecule has 4 aromatic rings. The fourth-order valence-corrected chi connectivity index (χ4v) is 4.08. The minimum absolute atomic E-state index is 0.926. The SMILES string of the molecule is CCCCCCCCc1ccnc(Nc2c3ccccc3cc3ccccc23)c1. The van der Waals surface area contributed by atoms with Gasteiger partial charge in [0.25, 0.3) is 0 Å². The highest BCUT2D eigenvalue weighted by Crippen LogP contribution is 2.34. The zero-order valence-corrected chi connectivity index (χ0v) is 17.3. The first-order valence-corrected chi connectivity index (χ1v) is 11.0. The van der Waals surface area contributed by atoms with Crippen LogP contribution in [-0.2, 0) is 6.42 Å². The third-order valence-corrected chi connectivity index (χ3v) is 5.67. The summed E-state index contributed by atoms with van der Waals surface area (Å²) in [6.07, 6.45) is 11.0. The molecule has 0 radical (unpaired) electrons. The van der Waals surface area contributed by atoms with Crippen LogP contribution in [-0.4, -0.2) is 4.98 Å². The summed E-state index contributed by atoms with van der Waals surface area (Å²) in [5.41, 5.74) is 2.51. The largest absolute Gasteiger partial charge is 0.339 e. The van der Waals surface area contributed by atoms with Crippen molar-refractivity contribution in [3.8, 4) is 0 Å². The fourth-order valence-electron chi connectivity index (χ4n) is 4.08. The molecule has 2 nitrogen and oxygen atoms in total. The maximum Gasteiger partial charge on any atom is 0.130 e. The highest BCUT2D eigenvalue weighted by molar-refractivity contribution is 6.11. The van der Waals surface area contributed by atoms with Crippen molar-refractivity contribution in [3.63, 3.8) is 0 Å². The van der Waals surface area contributed by atoms with Crippen molar-refractivity contribution >= 4 is 33.1 Å². The number of aryl methyl sites for hydroxylation is 1. The summed E-state index contributed by atoms with van der Waals surface area (Å²) in [5, 5.41) is 8.59. The Morgan fingerprint density at radius 1 is 0.724 bits per heavy atom. The zero-order chi connectivity index (χ0) is 19.9. The maximum absolute atomic E-state index is 4.61. The lowest BCUT2D eigenvalue weighted by atomic mass is 10.0. The van der Waals surface area contributed by atoms with Crippen LogP contribution in [0.5, 0.6) is 0 Å². The quantitative estimate of drug-likeness (QED) is 0.234. The summed E-state index contributed by atoms with van der Waals surface area (Å²) >= 11 is 0. The maximum atomic E-state index is 4.61. The van der Waals surface area contributed by atoms with Crippen LogP contribution in [0.15, 0.2) is 72.9 Å². The molecule has 0 fully saturated rings. The summed E-state index contributed by atoms with van der Waals surface area (Å²) in [6, 6.07) is 23.7. The van der Waals surface area contributed by atoms with Gasteiger partial charge in [0, 0.05) is 17.0 Å². The minimum Gasteiger partial charge on any atom is -0.339 e. The Bertz CT molecular complexity index is 1030. The Morgan fingerprint density at radius 3 is 2.10 bits per heavy atom. The highest BCUT2D eigenvalue weighted by atomic mass is 15.0. The highest BCUT2D eigenvalue weighted by Gasteiger charge is 2.08. The molecule has 0 atom stereocenters. The molecule has 0 aliphatic rings. The average Bonchev–Trinajstić information content (AvgIpc) is 2.76. The summed E-state index contributed by atoms with van der Waals surface area (Å²) in [5.74, 6) is 0.926. The van der Waals surface area contributed by atoms with E-state index in [-0.39, 0.29) is 0 Å². The third kappa shape index (κ3) is 4.76. The number of nitrogens with zero attached hydrogens (tertiary/aromatic N) is 1. The molecule has 0 bridgehead atoms. The topological polar surface area (TPSA) is 24.9 Å². The van der Waals surface area contributed by atoms with Crippen molar-refractivity contribution in [2.45, 2.75) is 51.9 Å². The van der Waals surface area contributed by atoms with Crippen LogP contribution in [0.1, 0.15) is 51.0 Å². The molecule has 0 unspecified atom stereocenters. The van der Waals surface area contributed by atoms with Gasteiger partial charge in [0.15, 0.2) is 0 Å². The minimum atomic E-state index is 0.926. The van der Waals surface area contributed by atoms with Gasteiger partial charge in [0.2, 0.25) is 0 Å². The van der Waals surface area contributed by atoms with Crippen LogP contribution in [0.4, 0.5) is 11.5 Å². The number of hydrogen-bond acceptors (Lipinski definition) is 2. The van der Waals surface area contributed by atoms with Crippen molar-refractivity contribution in [2.75, 3.05) is 5.32 Å². The molecule has 0 amide bonds. The van der Waals surface area contributed by atoms with Gasteiger partial charge in [-0.15, -0.1) is 0 Å². The molecule has 148 valence electrons. The van der Waals surface area contributed by atoms with Crippen LogP contribution in [0.3, 0.4) is 0 Å². The first-order chi connectivity index (χ1) is 14.3. The van der Waals surface area contributed by atoms with Crippen LogP contribution < -0.4 is 5.32 Å². The van der Waals surface area contributed by atoms with E-state index in [0.717, 1.165) is 17.9 Å². The predicted octanol–water partition coefficient (Wildman–Crippen LogP) is 8.03. The number of hydrogen-bond donors (Lipinski definition) is 1. The van der Waals surface area contributed by atoms with Gasteiger partial charge in [-0.05, 0) is 47.4 Å². The summed E-state index contributed by atoms with van der Waals surface area (Å²) in [6.45, 7) is 2.27. The van der Waals surface area contributed by atoms with Crippen LogP contribution >= 0.6 is 0 Å². The zero-order valence-electron chi connectivity index (χ0n) is 17.3. The second-order valence-electron chi connectivity index (χ2n) is 7.89. The number of pyridine rings is 1. The van der Waals surface area contributed by atoms with E-state index in [1.54, 1.807) is 0 Å². The molecule has 0 aliphatic heterocycles. The molecule has 1 heterocycles. The molecule has 1 N–H and O–H groups in total. The Kier molecular flexibility index (Phi) is 6.41. The van der Waals surface area contributed by atoms with Crippen LogP contribution in [0.25, 0.3) is 21.5 Å². The molecule has 3 aromatic carbocycles. The molecular weight excluding hydrogens is 352 g/mol. The monoisotopic (exact) mass is 382 g/mol. The summed E-state index contributed by atoms with van der Waals surface area (Å²) in [4.78, 5) is 4.61. The number of fused-ring (bicyclic) bond motifs is 2. The Morgan fingerprint density at radius 2 is 1.38 bits per heavy atom. The van der Waals surface area contributed by atoms with Gasteiger partial charge in [0.05, 0.1) is 5.69 Å². The van der Waals surface area contributed by atoms with E-state index in [1.807, 2.05) is 6.20 Å². The number of unbranched alkanes of at least 4 members (excludes halogenated alkanes) is 5. The van der Waals surface area contributed by atoms with Gasteiger partial charge >= 0.3 is 0 Å². The molecule has 0 saturated carbocycles. The number of anilines is 2. The van der Waals surface area contributed by atoms with Gasteiger partial charge in [-0.25, -0.2) is 4.98 Å². The third-order valence-electron chi connectivity index (χ3n) is 5.67. The summed E-state index contributed by atoms with van der Waals surface area (Å²) in [7, 11) is 0. The molecule has 0 spiro atoms. The van der Waals surface area contributed by atoms with Crippen molar-refractivity contribution in [2.24, 2.45) is 0 Å².